The maximum Gasteiger partial charge on any atom is 0.200 e. The van der Waals surface area contributed by atoms with Crippen LogP contribution in [0.2, 0.25) is 0 Å². The predicted octanol–water partition coefficient (Wildman–Crippen LogP) is 1.38. The van der Waals surface area contributed by atoms with Crippen molar-refractivity contribution in [2.24, 2.45) is 0 Å². The summed E-state index contributed by atoms with van der Waals surface area (Å²) in [6.07, 6.45) is 0. The summed E-state index contributed by atoms with van der Waals surface area (Å²) in [6.45, 7) is 0. The molecule has 0 aromatic heterocycles. The first-order valence-corrected chi connectivity index (χ1v) is 2.41. The van der Waals surface area contributed by atoms with Gasteiger partial charge in [0.25, 0.3) is 0 Å². The molecule has 4 heteroatoms. The van der Waals surface area contributed by atoms with Crippen molar-refractivity contribution in [2.45, 2.75) is 0 Å². The zero-order chi connectivity index (χ0) is 6.85. The Kier molecular flexibility index (Phi) is 3.02. The summed E-state index contributed by atoms with van der Waals surface area (Å²) in [4.78, 5) is 0. The van der Waals surface area contributed by atoms with Crippen LogP contribution < -0.4 is 0 Å². The molecule has 0 fully saturated rings. The van der Waals surface area contributed by atoms with E-state index in [9.17, 15) is 0 Å². The third kappa shape index (κ3) is 1.54. The lowest BCUT2D eigenvalue weighted by molar-refractivity contribution is 0.368. The third-order valence-electron chi connectivity index (χ3n) is 0.993. The Hall–Kier alpha value is -0.900. The molecule has 3 nitrogen and oxygen atoms in total. The van der Waals surface area contributed by atoms with E-state index in [-0.39, 0.29) is 28.5 Å². The number of hydrogen-bond acceptors (Lipinski definition) is 3. The fourth-order valence-corrected chi connectivity index (χ4v) is 0.519. The van der Waals surface area contributed by atoms with E-state index >= 15 is 0 Å². The van der Waals surface area contributed by atoms with Crippen molar-refractivity contribution in [3.63, 3.8) is 0 Å². The Labute approximate surface area is 68.3 Å². The largest absolute Gasteiger partial charge is 0.504 e. The van der Waals surface area contributed by atoms with E-state index in [1.807, 2.05) is 0 Å². The maximum atomic E-state index is 8.71. The van der Waals surface area contributed by atoms with Crippen LogP contribution in [0.5, 0.6) is 17.2 Å². The number of phenols is 3. The molecule has 10 heavy (non-hydrogen) atoms. The summed E-state index contributed by atoms with van der Waals surface area (Å²) in [7, 11) is 0. The zero-order valence-corrected chi connectivity index (χ0v) is 6.70. The second-order valence-electron chi connectivity index (χ2n) is 1.64. The second-order valence-corrected chi connectivity index (χ2v) is 1.64. The maximum absolute atomic E-state index is 8.71. The molecule has 0 saturated heterocycles. The van der Waals surface area contributed by atoms with E-state index in [4.69, 9.17) is 15.3 Å². The van der Waals surface area contributed by atoms with E-state index < -0.39 is 5.75 Å². The van der Waals surface area contributed by atoms with E-state index in [1.165, 1.54) is 18.2 Å². The van der Waals surface area contributed by atoms with Crippen LogP contribution in [0.15, 0.2) is 18.2 Å². The summed E-state index contributed by atoms with van der Waals surface area (Å²) in [5.74, 6) is -1.09. The molecule has 1 aromatic carbocycles. The molecule has 0 aliphatic heterocycles. The molecule has 0 radical (unpaired) electrons. The van der Waals surface area contributed by atoms with E-state index in [0.717, 1.165) is 0 Å². The molecule has 3 N–H and O–H groups in total. The Morgan fingerprint density at radius 3 is 1.60 bits per heavy atom. The molecule has 0 aliphatic carbocycles. The fraction of sp³-hybridized carbons (Fsp3) is 0. The standard InChI is InChI=1S/C6H6O3.BrH/c7-4-2-1-3-5(8)6(4)9;/h1-3,7-9H;1H. The first kappa shape index (κ1) is 9.10. The van der Waals surface area contributed by atoms with Gasteiger partial charge in [-0.25, -0.2) is 0 Å². The van der Waals surface area contributed by atoms with Gasteiger partial charge in [-0.3, -0.25) is 0 Å². The van der Waals surface area contributed by atoms with Crippen molar-refractivity contribution in [3.8, 4) is 17.2 Å². The summed E-state index contributed by atoms with van der Waals surface area (Å²) in [6, 6.07) is 4.01. The van der Waals surface area contributed by atoms with Crippen LogP contribution in [0.1, 0.15) is 0 Å². The molecule has 0 bridgehead atoms. The second kappa shape index (κ2) is 3.31. The van der Waals surface area contributed by atoms with Gasteiger partial charge in [-0.05, 0) is 12.1 Å². The molecule has 0 spiro atoms. The first-order valence-electron chi connectivity index (χ1n) is 2.41. The Balaban J connectivity index is 0.000000810. The highest BCUT2D eigenvalue weighted by Gasteiger charge is 2.00. The van der Waals surface area contributed by atoms with Crippen molar-refractivity contribution >= 4 is 17.0 Å². The quantitative estimate of drug-likeness (QED) is 0.563. The van der Waals surface area contributed by atoms with Gasteiger partial charge in [-0.2, -0.15) is 0 Å². The predicted molar refractivity (Wildman–Crippen MR) is 41.8 cm³/mol. The zero-order valence-electron chi connectivity index (χ0n) is 4.98. The van der Waals surface area contributed by atoms with Gasteiger partial charge in [0.05, 0.1) is 0 Å². The monoisotopic (exact) mass is 206 g/mol. The minimum atomic E-state index is -0.475. The summed E-state index contributed by atoms with van der Waals surface area (Å²) in [5, 5.41) is 26.1. The van der Waals surface area contributed by atoms with Crippen molar-refractivity contribution in [1.29, 1.82) is 0 Å². The smallest absolute Gasteiger partial charge is 0.200 e. The molecular formula is C6H7BrO3. The van der Waals surface area contributed by atoms with Crippen molar-refractivity contribution in [1.82, 2.24) is 0 Å². The van der Waals surface area contributed by atoms with Crippen molar-refractivity contribution < 1.29 is 15.3 Å². The highest BCUT2D eigenvalue weighted by Crippen LogP contribution is 2.32. The topological polar surface area (TPSA) is 60.7 Å². The van der Waals surface area contributed by atoms with Gasteiger partial charge in [0, 0.05) is 0 Å². The van der Waals surface area contributed by atoms with Gasteiger partial charge in [0.1, 0.15) is 0 Å². The molecule has 1 aromatic rings. The molecule has 1 rings (SSSR count). The lowest BCUT2D eigenvalue weighted by Crippen LogP contribution is -1.67. The van der Waals surface area contributed by atoms with Crippen LogP contribution in [0, 0.1) is 0 Å². The van der Waals surface area contributed by atoms with Gasteiger partial charge in [0.2, 0.25) is 0 Å². The van der Waals surface area contributed by atoms with Gasteiger partial charge in [0.15, 0.2) is 17.2 Å². The number of halogens is 1. The average molecular weight is 207 g/mol. The first-order chi connectivity index (χ1) is 4.22. The number of benzene rings is 1. The summed E-state index contributed by atoms with van der Waals surface area (Å²) >= 11 is 0. The minimum Gasteiger partial charge on any atom is -0.504 e. The van der Waals surface area contributed by atoms with Gasteiger partial charge < -0.3 is 15.3 Å². The highest BCUT2D eigenvalue weighted by molar-refractivity contribution is 8.93. The Morgan fingerprint density at radius 2 is 1.30 bits per heavy atom. The summed E-state index contributed by atoms with van der Waals surface area (Å²) < 4.78 is 0. The van der Waals surface area contributed by atoms with Crippen LogP contribution in [0.4, 0.5) is 0 Å². The van der Waals surface area contributed by atoms with Crippen LogP contribution >= 0.6 is 17.0 Å². The van der Waals surface area contributed by atoms with Gasteiger partial charge in [-0.15, -0.1) is 17.0 Å². The molecule has 0 amide bonds. The van der Waals surface area contributed by atoms with Crippen LogP contribution in [-0.4, -0.2) is 15.3 Å². The van der Waals surface area contributed by atoms with E-state index in [0.29, 0.717) is 0 Å². The van der Waals surface area contributed by atoms with Crippen LogP contribution in [-0.2, 0) is 0 Å². The van der Waals surface area contributed by atoms with Crippen molar-refractivity contribution in [3.05, 3.63) is 18.2 Å². The third-order valence-corrected chi connectivity index (χ3v) is 0.993. The van der Waals surface area contributed by atoms with E-state index in [1.54, 1.807) is 0 Å². The Bertz CT molecular complexity index is 204. The molecule has 56 valence electrons. The minimum absolute atomic E-state index is 0. The molecular weight excluding hydrogens is 200 g/mol. The average Bonchev–Trinajstić information content (AvgIpc) is 1.83. The normalized spacial score (nSPS) is 8.40. The summed E-state index contributed by atoms with van der Waals surface area (Å²) in [5.41, 5.74) is 0. The fourth-order valence-electron chi connectivity index (χ4n) is 0.519. The number of phenolic OH excluding ortho intramolecular Hbond substituents is 3. The number of rotatable bonds is 0. The number of hydrogen-bond donors (Lipinski definition) is 3. The number of para-hydroxylation sites is 1. The molecule has 0 aliphatic rings. The SMILES string of the molecule is Br.Oc1cccc(O)c1O. The number of aromatic hydroxyl groups is 3. The molecule has 0 heterocycles. The van der Waals surface area contributed by atoms with Gasteiger partial charge >= 0.3 is 0 Å². The van der Waals surface area contributed by atoms with Crippen LogP contribution in [0.25, 0.3) is 0 Å². The molecule has 0 atom stereocenters. The molecule has 0 unspecified atom stereocenters. The van der Waals surface area contributed by atoms with Gasteiger partial charge in [-0.1, -0.05) is 6.07 Å². The lowest BCUT2D eigenvalue weighted by Gasteiger charge is -1.96. The van der Waals surface area contributed by atoms with Crippen LogP contribution in [0.3, 0.4) is 0 Å². The Morgan fingerprint density at radius 1 is 0.900 bits per heavy atom. The van der Waals surface area contributed by atoms with Crippen molar-refractivity contribution in [2.75, 3.05) is 0 Å². The molecule has 0 saturated carbocycles. The lowest BCUT2D eigenvalue weighted by atomic mass is 10.3. The van der Waals surface area contributed by atoms with E-state index in [2.05, 4.69) is 0 Å². The highest BCUT2D eigenvalue weighted by atomic mass is 79.9.